The summed E-state index contributed by atoms with van der Waals surface area (Å²) in [6.07, 6.45) is 0.759. The minimum Gasteiger partial charge on any atom is -0.497 e. The molecule has 0 bridgehead atoms. The standard InChI is InChI=1S/C25H29N3O3/c1-5-16-28-24(29)15-14-23(26-28)25(30)27(21-10-12-22(31-4)13-11-21)17-19-6-8-20(9-7-19)18(2)3/h6-15,18H,5,16-17H2,1-4H3. The highest BCUT2D eigenvalue weighted by atomic mass is 16.5. The van der Waals surface area contributed by atoms with Gasteiger partial charge in [0.05, 0.1) is 13.7 Å². The number of methoxy groups -OCH3 is 1. The zero-order chi connectivity index (χ0) is 22.4. The van der Waals surface area contributed by atoms with Crippen LogP contribution in [-0.2, 0) is 13.1 Å². The highest BCUT2D eigenvalue weighted by Gasteiger charge is 2.21. The zero-order valence-electron chi connectivity index (χ0n) is 18.5. The number of benzene rings is 2. The fraction of sp³-hybridized carbons (Fsp3) is 0.320. The Morgan fingerprint density at radius 1 is 1.03 bits per heavy atom. The molecular weight excluding hydrogens is 390 g/mol. The van der Waals surface area contributed by atoms with E-state index in [-0.39, 0.29) is 17.2 Å². The fourth-order valence-corrected chi connectivity index (χ4v) is 3.31. The minimum absolute atomic E-state index is 0.210. The van der Waals surface area contributed by atoms with Crippen molar-refractivity contribution in [2.24, 2.45) is 0 Å². The lowest BCUT2D eigenvalue weighted by Crippen LogP contribution is -2.33. The van der Waals surface area contributed by atoms with E-state index < -0.39 is 0 Å². The first-order valence-electron chi connectivity index (χ1n) is 10.6. The Balaban J connectivity index is 1.97. The van der Waals surface area contributed by atoms with Crippen LogP contribution in [0.4, 0.5) is 5.69 Å². The van der Waals surface area contributed by atoms with Crippen molar-refractivity contribution in [1.29, 1.82) is 0 Å². The van der Waals surface area contributed by atoms with Gasteiger partial charge in [0.25, 0.3) is 11.5 Å². The number of nitrogens with zero attached hydrogens (tertiary/aromatic N) is 3. The van der Waals surface area contributed by atoms with E-state index in [0.29, 0.717) is 24.8 Å². The molecule has 1 amide bonds. The Bertz CT molecular complexity index is 1070. The van der Waals surface area contributed by atoms with Crippen LogP contribution in [0.5, 0.6) is 5.75 Å². The van der Waals surface area contributed by atoms with E-state index in [1.807, 2.05) is 43.3 Å². The number of hydrogen-bond acceptors (Lipinski definition) is 4. The number of carbonyl (C=O) groups excluding carboxylic acids is 1. The van der Waals surface area contributed by atoms with Crippen LogP contribution in [0.2, 0.25) is 0 Å². The molecule has 0 N–H and O–H groups in total. The van der Waals surface area contributed by atoms with E-state index in [4.69, 9.17) is 4.74 Å². The van der Waals surface area contributed by atoms with Crippen LogP contribution in [-0.4, -0.2) is 22.8 Å². The second kappa shape index (κ2) is 10.1. The van der Waals surface area contributed by atoms with Crippen molar-refractivity contribution in [2.45, 2.75) is 46.2 Å². The Morgan fingerprint density at radius 3 is 2.29 bits per heavy atom. The van der Waals surface area contributed by atoms with Gasteiger partial charge in [0.1, 0.15) is 11.4 Å². The summed E-state index contributed by atoms with van der Waals surface area (Å²) in [5.41, 5.74) is 3.02. The largest absolute Gasteiger partial charge is 0.497 e. The normalized spacial score (nSPS) is 10.9. The summed E-state index contributed by atoms with van der Waals surface area (Å²) in [6.45, 7) is 7.13. The van der Waals surface area contributed by atoms with Crippen LogP contribution in [0.15, 0.2) is 65.5 Å². The van der Waals surface area contributed by atoms with Gasteiger partial charge in [0.2, 0.25) is 0 Å². The molecule has 0 saturated carbocycles. The predicted molar refractivity (Wildman–Crippen MR) is 123 cm³/mol. The van der Waals surface area contributed by atoms with E-state index in [2.05, 4.69) is 31.1 Å². The molecule has 31 heavy (non-hydrogen) atoms. The number of hydrogen-bond donors (Lipinski definition) is 0. The molecule has 0 aliphatic heterocycles. The van der Waals surface area contributed by atoms with Crippen molar-refractivity contribution >= 4 is 11.6 Å². The summed E-state index contributed by atoms with van der Waals surface area (Å²) in [4.78, 5) is 27.2. The quantitative estimate of drug-likeness (QED) is 0.534. The first-order valence-corrected chi connectivity index (χ1v) is 10.6. The van der Waals surface area contributed by atoms with Gasteiger partial charge >= 0.3 is 0 Å². The summed E-state index contributed by atoms with van der Waals surface area (Å²) in [7, 11) is 1.61. The number of anilines is 1. The summed E-state index contributed by atoms with van der Waals surface area (Å²) in [6, 6.07) is 18.5. The van der Waals surface area contributed by atoms with Gasteiger partial charge in [-0.1, -0.05) is 45.0 Å². The summed E-state index contributed by atoms with van der Waals surface area (Å²) in [5, 5.41) is 4.31. The van der Waals surface area contributed by atoms with Crippen LogP contribution in [0.25, 0.3) is 0 Å². The lowest BCUT2D eigenvalue weighted by atomic mass is 10.0. The number of rotatable bonds is 8. The first kappa shape index (κ1) is 22.3. The Kier molecular flexibility index (Phi) is 7.23. The highest BCUT2D eigenvalue weighted by Crippen LogP contribution is 2.24. The minimum atomic E-state index is -0.261. The average molecular weight is 420 g/mol. The fourth-order valence-electron chi connectivity index (χ4n) is 3.31. The molecule has 3 rings (SSSR count). The molecule has 3 aromatic rings. The van der Waals surface area contributed by atoms with E-state index >= 15 is 0 Å². The van der Waals surface area contributed by atoms with Gasteiger partial charge in [-0.25, -0.2) is 4.68 Å². The third kappa shape index (κ3) is 5.40. The molecule has 2 aromatic carbocycles. The number of aryl methyl sites for hydroxylation is 1. The van der Waals surface area contributed by atoms with Crippen LogP contribution in [0, 0.1) is 0 Å². The van der Waals surface area contributed by atoms with Crippen molar-refractivity contribution < 1.29 is 9.53 Å². The van der Waals surface area contributed by atoms with Gasteiger partial charge < -0.3 is 9.64 Å². The second-order valence-electron chi connectivity index (χ2n) is 7.77. The molecule has 0 spiro atoms. The number of ether oxygens (including phenoxy) is 1. The summed E-state index contributed by atoms with van der Waals surface area (Å²) >= 11 is 0. The van der Waals surface area contributed by atoms with Crippen molar-refractivity contribution in [2.75, 3.05) is 12.0 Å². The molecule has 0 fully saturated rings. The molecule has 162 valence electrons. The molecule has 0 unspecified atom stereocenters. The van der Waals surface area contributed by atoms with Gasteiger partial charge in [0.15, 0.2) is 0 Å². The van der Waals surface area contributed by atoms with Gasteiger partial charge in [-0.05, 0) is 53.8 Å². The Morgan fingerprint density at radius 2 is 1.71 bits per heavy atom. The van der Waals surface area contributed by atoms with Crippen LogP contribution in [0.3, 0.4) is 0 Å². The van der Waals surface area contributed by atoms with E-state index in [1.54, 1.807) is 12.0 Å². The molecule has 1 aromatic heterocycles. The zero-order valence-corrected chi connectivity index (χ0v) is 18.5. The molecule has 0 aliphatic rings. The topological polar surface area (TPSA) is 64.4 Å². The van der Waals surface area contributed by atoms with Gasteiger partial charge in [-0.2, -0.15) is 5.10 Å². The smallest absolute Gasteiger partial charge is 0.279 e. The van der Waals surface area contributed by atoms with Crippen LogP contribution < -0.4 is 15.2 Å². The SMILES string of the molecule is CCCn1nc(C(=O)N(Cc2ccc(C(C)C)cc2)c2ccc(OC)cc2)ccc1=O. The number of amides is 1. The molecule has 0 radical (unpaired) electrons. The average Bonchev–Trinajstić information content (AvgIpc) is 2.79. The second-order valence-corrected chi connectivity index (χ2v) is 7.77. The maximum absolute atomic E-state index is 13.5. The molecule has 0 saturated heterocycles. The van der Waals surface area contributed by atoms with E-state index in [1.165, 1.54) is 22.4 Å². The van der Waals surface area contributed by atoms with Gasteiger partial charge in [-0.15, -0.1) is 0 Å². The van der Waals surface area contributed by atoms with Gasteiger partial charge in [-0.3, -0.25) is 9.59 Å². The van der Waals surface area contributed by atoms with Crippen molar-refractivity contribution in [3.05, 3.63) is 87.8 Å². The number of aromatic nitrogens is 2. The number of carbonyl (C=O) groups is 1. The molecule has 1 heterocycles. The van der Waals surface area contributed by atoms with Crippen LogP contribution >= 0.6 is 0 Å². The molecule has 0 aliphatic carbocycles. The van der Waals surface area contributed by atoms with E-state index in [0.717, 1.165) is 17.7 Å². The molecule has 6 nitrogen and oxygen atoms in total. The Hall–Kier alpha value is -3.41. The van der Waals surface area contributed by atoms with Crippen molar-refractivity contribution in [3.8, 4) is 5.75 Å². The maximum atomic E-state index is 13.5. The predicted octanol–water partition coefficient (Wildman–Crippen LogP) is 4.63. The van der Waals surface area contributed by atoms with E-state index in [9.17, 15) is 9.59 Å². The monoisotopic (exact) mass is 419 g/mol. The summed E-state index contributed by atoms with van der Waals surface area (Å²) < 4.78 is 6.59. The van der Waals surface area contributed by atoms with Crippen molar-refractivity contribution in [3.63, 3.8) is 0 Å². The third-order valence-corrected chi connectivity index (χ3v) is 5.14. The molecule has 0 atom stereocenters. The lowest BCUT2D eigenvalue weighted by Gasteiger charge is -2.23. The molecular formula is C25H29N3O3. The molecule has 6 heteroatoms. The maximum Gasteiger partial charge on any atom is 0.279 e. The van der Waals surface area contributed by atoms with Crippen molar-refractivity contribution in [1.82, 2.24) is 9.78 Å². The highest BCUT2D eigenvalue weighted by molar-refractivity contribution is 6.04. The third-order valence-electron chi connectivity index (χ3n) is 5.14. The summed E-state index contributed by atoms with van der Waals surface area (Å²) in [5.74, 6) is 0.896. The Labute approximate surface area is 183 Å². The van der Waals surface area contributed by atoms with Crippen LogP contribution in [0.1, 0.15) is 54.7 Å². The lowest BCUT2D eigenvalue weighted by molar-refractivity contribution is 0.0977. The first-order chi connectivity index (χ1) is 14.9. The van der Waals surface area contributed by atoms with Gasteiger partial charge in [0, 0.05) is 18.3 Å².